The minimum atomic E-state index is -0.297. The SMILES string of the molecule is CCCN=C(N)N(C)c1ccccc1F. The van der Waals surface area contributed by atoms with Crippen LogP contribution in [-0.4, -0.2) is 19.6 Å². The molecule has 15 heavy (non-hydrogen) atoms. The van der Waals surface area contributed by atoms with Crippen LogP contribution in [0.25, 0.3) is 0 Å². The van der Waals surface area contributed by atoms with E-state index < -0.39 is 0 Å². The maximum atomic E-state index is 13.4. The monoisotopic (exact) mass is 209 g/mol. The summed E-state index contributed by atoms with van der Waals surface area (Å²) in [5, 5.41) is 0. The first-order valence-electron chi connectivity index (χ1n) is 4.95. The Labute approximate surface area is 89.4 Å². The van der Waals surface area contributed by atoms with Crippen molar-refractivity contribution < 1.29 is 4.39 Å². The Hall–Kier alpha value is -1.58. The maximum Gasteiger partial charge on any atom is 0.195 e. The standard InChI is InChI=1S/C11H16FN3/c1-3-8-14-11(13)15(2)10-7-5-4-6-9(10)12/h4-7H,3,8H2,1-2H3,(H2,13,14). The van der Waals surface area contributed by atoms with Crippen molar-refractivity contribution in [2.24, 2.45) is 10.7 Å². The highest BCUT2D eigenvalue weighted by molar-refractivity contribution is 5.94. The van der Waals surface area contributed by atoms with Gasteiger partial charge in [-0.1, -0.05) is 19.1 Å². The number of anilines is 1. The molecule has 4 heteroatoms. The highest BCUT2D eigenvalue weighted by Crippen LogP contribution is 2.16. The van der Waals surface area contributed by atoms with Crippen LogP contribution in [0.5, 0.6) is 0 Å². The van der Waals surface area contributed by atoms with Crippen molar-refractivity contribution in [2.75, 3.05) is 18.5 Å². The van der Waals surface area contributed by atoms with Gasteiger partial charge in [-0.25, -0.2) is 4.39 Å². The van der Waals surface area contributed by atoms with Gasteiger partial charge in [0.2, 0.25) is 0 Å². The van der Waals surface area contributed by atoms with Gasteiger partial charge in [-0.2, -0.15) is 0 Å². The second kappa shape index (κ2) is 5.34. The average molecular weight is 209 g/mol. The molecule has 2 N–H and O–H groups in total. The molecule has 0 bridgehead atoms. The predicted molar refractivity (Wildman–Crippen MR) is 61.6 cm³/mol. The fourth-order valence-electron chi connectivity index (χ4n) is 1.18. The van der Waals surface area contributed by atoms with E-state index in [1.54, 1.807) is 30.1 Å². The third-order valence-electron chi connectivity index (χ3n) is 2.05. The van der Waals surface area contributed by atoms with E-state index in [2.05, 4.69) is 4.99 Å². The van der Waals surface area contributed by atoms with Gasteiger partial charge in [-0.05, 0) is 18.6 Å². The van der Waals surface area contributed by atoms with Gasteiger partial charge >= 0.3 is 0 Å². The summed E-state index contributed by atoms with van der Waals surface area (Å²) >= 11 is 0. The molecule has 0 unspecified atom stereocenters. The van der Waals surface area contributed by atoms with Crippen molar-refractivity contribution >= 4 is 11.6 Å². The number of benzene rings is 1. The second-order valence-corrected chi connectivity index (χ2v) is 3.25. The highest BCUT2D eigenvalue weighted by atomic mass is 19.1. The third kappa shape index (κ3) is 2.94. The molecule has 0 amide bonds. The van der Waals surface area contributed by atoms with Crippen LogP contribution in [0.3, 0.4) is 0 Å². The molecule has 0 atom stereocenters. The summed E-state index contributed by atoms with van der Waals surface area (Å²) in [6, 6.07) is 6.48. The van der Waals surface area contributed by atoms with Gasteiger partial charge in [-0.15, -0.1) is 0 Å². The summed E-state index contributed by atoms with van der Waals surface area (Å²) < 4.78 is 13.4. The average Bonchev–Trinajstić information content (AvgIpc) is 2.25. The van der Waals surface area contributed by atoms with E-state index in [1.165, 1.54) is 6.07 Å². The van der Waals surface area contributed by atoms with E-state index in [-0.39, 0.29) is 5.82 Å². The number of guanidine groups is 1. The number of rotatable bonds is 3. The zero-order valence-electron chi connectivity index (χ0n) is 9.07. The fraction of sp³-hybridized carbons (Fsp3) is 0.364. The summed E-state index contributed by atoms with van der Waals surface area (Å²) in [7, 11) is 1.70. The smallest absolute Gasteiger partial charge is 0.195 e. The molecule has 3 nitrogen and oxygen atoms in total. The largest absolute Gasteiger partial charge is 0.370 e. The van der Waals surface area contributed by atoms with Crippen molar-refractivity contribution in [1.82, 2.24) is 0 Å². The molecule has 0 fully saturated rings. The lowest BCUT2D eigenvalue weighted by atomic mass is 10.3. The first-order chi connectivity index (χ1) is 7.16. The molecule has 0 aliphatic heterocycles. The van der Waals surface area contributed by atoms with E-state index in [4.69, 9.17) is 5.73 Å². The Morgan fingerprint density at radius 1 is 1.47 bits per heavy atom. The first-order valence-corrected chi connectivity index (χ1v) is 4.95. The summed E-state index contributed by atoms with van der Waals surface area (Å²) in [5.74, 6) is 0.0385. The number of hydrogen-bond acceptors (Lipinski definition) is 1. The van der Waals surface area contributed by atoms with Gasteiger partial charge in [-0.3, -0.25) is 4.99 Å². The van der Waals surface area contributed by atoms with Crippen LogP contribution in [0.1, 0.15) is 13.3 Å². The predicted octanol–water partition coefficient (Wildman–Crippen LogP) is 1.99. The van der Waals surface area contributed by atoms with Crippen molar-refractivity contribution in [2.45, 2.75) is 13.3 Å². The quantitative estimate of drug-likeness (QED) is 0.611. The molecule has 0 aliphatic carbocycles. The Morgan fingerprint density at radius 2 is 2.13 bits per heavy atom. The Kier molecular flexibility index (Phi) is 4.09. The number of nitrogens with two attached hydrogens (primary N) is 1. The molecule has 82 valence electrons. The van der Waals surface area contributed by atoms with Crippen LogP contribution < -0.4 is 10.6 Å². The lowest BCUT2D eigenvalue weighted by Gasteiger charge is -2.18. The van der Waals surface area contributed by atoms with Gasteiger partial charge < -0.3 is 10.6 Å². The van der Waals surface area contributed by atoms with Crippen molar-refractivity contribution in [3.8, 4) is 0 Å². The fourth-order valence-corrected chi connectivity index (χ4v) is 1.18. The zero-order valence-corrected chi connectivity index (χ0v) is 9.07. The van der Waals surface area contributed by atoms with Gasteiger partial charge in [0.1, 0.15) is 5.82 Å². The molecule has 1 aromatic carbocycles. The van der Waals surface area contributed by atoms with Crippen molar-refractivity contribution in [3.05, 3.63) is 30.1 Å². The van der Waals surface area contributed by atoms with E-state index >= 15 is 0 Å². The number of hydrogen-bond donors (Lipinski definition) is 1. The summed E-state index contributed by atoms with van der Waals surface area (Å²) in [4.78, 5) is 5.66. The molecular formula is C11H16FN3. The molecule has 0 aliphatic rings. The lowest BCUT2D eigenvalue weighted by Crippen LogP contribution is -2.34. The normalized spacial score (nSPS) is 11.5. The number of nitrogens with zero attached hydrogens (tertiary/aromatic N) is 2. The van der Waals surface area contributed by atoms with E-state index in [0.717, 1.165) is 6.42 Å². The van der Waals surface area contributed by atoms with Gasteiger partial charge in [0, 0.05) is 13.6 Å². The molecule has 0 saturated carbocycles. The number of halogens is 1. The first kappa shape index (κ1) is 11.5. The Balaban J connectivity index is 2.85. The van der Waals surface area contributed by atoms with Crippen LogP contribution in [0.15, 0.2) is 29.3 Å². The molecular weight excluding hydrogens is 193 g/mol. The minimum absolute atomic E-state index is 0.297. The molecule has 0 saturated heterocycles. The van der Waals surface area contributed by atoms with Crippen LogP contribution >= 0.6 is 0 Å². The molecule has 0 radical (unpaired) electrons. The van der Waals surface area contributed by atoms with Crippen molar-refractivity contribution in [3.63, 3.8) is 0 Å². The van der Waals surface area contributed by atoms with Crippen LogP contribution in [0.2, 0.25) is 0 Å². The van der Waals surface area contributed by atoms with Gasteiger partial charge in [0.05, 0.1) is 5.69 Å². The molecule has 0 heterocycles. The molecule has 1 aromatic rings. The Morgan fingerprint density at radius 3 is 2.73 bits per heavy atom. The summed E-state index contributed by atoms with van der Waals surface area (Å²) in [6.07, 6.45) is 0.922. The van der Waals surface area contributed by atoms with Crippen LogP contribution in [0.4, 0.5) is 10.1 Å². The van der Waals surface area contributed by atoms with E-state index in [1.807, 2.05) is 6.92 Å². The van der Waals surface area contributed by atoms with Crippen molar-refractivity contribution in [1.29, 1.82) is 0 Å². The zero-order chi connectivity index (χ0) is 11.3. The summed E-state index contributed by atoms with van der Waals surface area (Å²) in [6.45, 7) is 2.67. The van der Waals surface area contributed by atoms with E-state index in [0.29, 0.717) is 18.2 Å². The second-order valence-electron chi connectivity index (χ2n) is 3.25. The van der Waals surface area contributed by atoms with E-state index in [9.17, 15) is 4.39 Å². The lowest BCUT2D eigenvalue weighted by molar-refractivity contribution is 0.628. The molecule has 1 rings (SSSR count). The van der Waals surface area contributed by atoms with Gasteiger partial charge in [0.25, 0.3) is 0 Å². The highest BCUT2D eigenvalue weighted by Gasteiger charge is 2.08. The molecule has 0 spiro atoms. The number of aliphatic imine (C=N–C) groups is 1. The van der Waals surface area contributed by atoms with Gasteiger partial charge in [0.15, 0.2) is 5.96 Å². The van der Waals surface area contributed by atoms with Crippen LogP contribution in [0, 0.1) is 5.82 Å². The van der Waals surface area contributed by atoms with Crippen LogP contribution in [-0.2, 0) is 0 Å². The topological polar surface area (TPSA) is 41.6 Å². The third-order valence-corrected chi connectivity index (χ3v) is 2.05. The Bertz CT molecular complexity index is 349. The minimum Gasteiger partial charge on any atom is -0.370 e. The maximum absolute atomic E-state index is 13.4. The summed E-state index contributed by atoms with van der Waals surface area (Å²) in [5.41, 5.74) is 6.15. The molecule has 0 aromatic heterocycles. The number of para-hydroxylation sites is 1.